The van der Waals surface area contributed by atoms with Gasteiger partial charge in [-0.05, 0) is 25.7 Å². The monoisotopic (exact) mass is 372 g/mol. The van der Waals surface area contributed by atoms with Crippen LogP contribution in [0.15, 0.2) is 0 Å². The number of amides is 3. The number of nitrogens with two attached hydrogens (primary N) is 2. The third kappa shape index (κ3) is 6.31. The second-order valence-corrected chi connectivity index (χ2v) is 6.15. The molecule has 0 aromatic carbocycles. The van der Waals surface area contributed by atoms with E-state index in [1.165, 1.54) is 4.90 Å². The summed E-state index contributed by atoms with van der Waals surface area (Å²) in [6.45, 7) is 0.246. The maximum atomic E-state index is 12.5. The summed E-state index contributed by atoms with van der Waals surface area (Å²) >= 11 is 0. The summed E-state index contributed by atoms with van der Waals surface area (Å²) in [6.07, 6.45) is 0.540. The molecule has 0 aromatic heterocycles. The molecule has 1 fully saturated rings. The number of nitrogens with zero attached hydrogens (tertiary/aromatic N) is 1. The molecular weight excluding hydrogens is 348 g/mol. The van der Waals surface area contributed by atoms with Crippen molar-refractivity contribution in [1.29, 1.82) is 0 Å². The van der Waals surface area contributed by atoms with Crippen molar-refractivity contribution in [1.82, 2.24) is 10.2 Å². The normalized spacial score (nSPS) is 19.3. The average Bonchev–Trinajstić information content (AvgIpc) is 2.56. The van der Waals surface area contributed by atoms with E-state index < -0.39 is 54.2 Å². The Morgan fingerprint density at radius 2 is 1.81 bits per heavy atom. The fourth-order valence-electron chi connectivity index (χ4n) is 2.78. The fraction of sp³-hybridized carbons (Fsp3) is 0.667. The van der Waals surface area contributed by atoms with Crippen LogP contribution in [0.5, 0.6) is 0 Å². The highest BCUT2D eigenvalue weighted by Crippen LogP contribution is 2.19. The third-order valence-corrected chi connectivity index (χ3v) is 4.09. The van der Waals surface area contributed by atoms with Gasteiger partial charge in [-0.25, -0.2) is 4.79 Å². The predicted octanol–water partition coefficient (Wildman–Crippen LogP) is -2.00. The number of carboxylic acid groups (broad SMARTS) is 2. The van der Waals surface area contributed by atoms with Crippen LogP contribution in [0.2, 0.25) is 0 Å². The summed E-state index contributed by atoms with van der Waals surface area (Å²) in [5, 5.41) is 20.1. The van der Waals surface area contributed by atoms with Gasteiger partial charge in [-0.3, -0.25) is 19.2 Å². The van der Waals surface area contributed by atoms with E-state index in [9.17, 15) is 24.0 Å². The Bertz CT molecular complexity index is 580. The lowest BCUT2D eigenvalue weighted by molar-refractivity contribution is -0.147. The number of rotatable bonds is 9. The molecule has 3 amide bonds. The minimum atomic E-state index is -1.38. The topological polar surface area (TPSA) is 193 Å². The number of carbonyl (C=O) groups excluding carboxylic acids is 3. The van der Waals surface area contributed by atoms with Crippen molar-refractivity contribution in [3.05, 3.63) is 0 Å². The number of nitrogens with one attached hydrogen (secondary N) is 1. The molecule has 0 bridgehead atoms. The summed E-state index contributed by atoms with van der Waals surface area (Å²) in [5.41, 5.74) is 10.7. The van der Waals surface area contributed by atoms with Gasteiger partial charge in [0.25, 0.3) is 0 Å². The van der Waals surface area contributed by atoms with Crippen LogP contribution in [0.25, 0.3) is 0 Å². The van der Waals surface area contributed by atoms with Crippen molar-refractivity contribution in [3.8, 4) is 0 Å². The van der Waals surface area contributed by atoms with Gasteiger partial charge in [-0.15, -0.1) is 0 Å². The quantitative estimate of drug-likeness (QED) is 0.306. The van der Waals surface area contributed by atoms with Gasteiger partial charge in [0.2, 0.25) is 17.7 Å². The van der Waals surface area contributed by atoms with Crippen molar-refractivity contribution in [2.75, 3.05) is 6.54 Å². The molecule has 0 unspecified atom stereocenters. The number of primary amides is 1. The smallest absolute Gasteiger partial charge is 0.326 e. The second kappa shape index (κ2) is 9.70. The van der Waals surface area contributed by atoms with Crippen molar-refractivity contribution >= 4 is 29.7 Å². The summed E-state index contributed by atoms with van der Waals surface area (Å²) < 4.78 is 0. The molecule has 1 saturated heterocycles. The van der Waals surface area contributed by atoms with E-state index in [-0.39, 0.29) is 19.4 Å². The van der Waals surface area contributed by atoms with Crippen LogP contribution in [-0.4, -0.2) is 69.4 Å². The molecule has 26 heavy (non-hydrogen) atoms. The SMILES string of the molecule is NC(=O)C[C@@H](N)C(=O)N1CCCC[C@H]1C(=O)N[C@H](CCC(=O)O)C(=O)O. The lowest BCUT2D eigenvalue weighted by atomic mass is 9.99. The highest BCUT2D eigenvalue weighted by atomic mass is 16.4. The van der Waals surface area contributed by atoms with Gasteiger partial charge in [0, 0.05) is 13.0 Å². The summed E-state index contributed by atoms with van der Waals surface area (Å²) in [7, 11) is 0. The van der Waals surface area contributed by atoms with Crippen LogP contribution in [-0.2, 0) is 24.0 Å². The minimum Gasteiger partial charge on any atom is -0.481 e. The predicted molar refractivity (Wildman–Crippen MR) is 87.6 cm³/mol. The van der Waals surface area contributed by atoms with Gasteiger partial charge in [0.05, 0.1) is 12.5 Å². The van der Waals surface area contributed by atoms with Crippen LogP contribution in [0.4, 0.5) is 0 Å². The molecule has 3 atom stereocenters. The lowest BCUT2D eigenvalue weighted by Gasteiger charge is -2.36. The van der Waals surface area contributed by atoms with Crippen LogP contribution in [0.3, 0.4) is 0 Å². The summed E-state index contributed by atoms with van der Waals surface area (Å²) in [5.74, 6) is -4.59. The van der Waals surface area contributed by atoms with Crippen LogP contribution < -0.4 is 16.8 Å². The number of likely N-dealkylation sites (tertiary alicyclic amines) is 1. The molecule has 7 N–H and O–H groups in total. The molecule has 0 aliphatic carbocycles. The van der Waals surface area contributed by atoms with E-state index in [1.54, 1.807) is 0 Å². The van der Waals surface area contributed by atoms with E-state index in [0.717, 1.165) is 0 Å². The number of hydrogen-bond acceptors (Lipinski definition) is 6. The Morgan fingerprint density at radius 1 is 1.15 bits per heavy atom. The Hall–Kier alpha value is -2.69. The van der Waals surface area contributed by atoms with Crippen LogP contribution in [0.1, 0.15) is 38.5 Å². The minimum absolute atomic E-state index is 0.246. The summed E-state index contributed by atoms with van der Waals surface area (Å²) in [6, 6.07) is -3.48. The molecule has 1 rings (SSSR count). The Labute approximate surface area is 149 Å². The first kappa shape index (κ1) is 21.4. The number of hydrogen-bond donors (Lipinski definition) is 5. The molecule has 11 heteroatoms. The maximum absolute atomic E-state index is 12.5. The van der Waals surface area contributed by atoms with Gasteiger partial charge in [-0.1, -0.05) is 0 Å². The molecule has 146 valence electrons. The Morgan fingerprint density at radius 3 is 2.35 bits per heavy atom. The third-order valence-electron chi connectivity index (χ3n) is 4.09. The van der Waals surface area contributed by atoms with Crippen LogP contribution in [0, 0.1) is 0 Å². The van der Waals surface area contributed by atoms with E-state index in [0.29, 0.717) is 19.3 Å². The van der Waals surface area contributed by atoms with Gasteiger partial charge in [0.1, 0.15) is 12.1 Å². The molecule has 1 aliphatic heterocycles. The van der Waals surface area contributed by atoms with Crippen LogP contribution >= 0.6 is 0 Å². The summed E-state index contributed by atoms with van der Waals surface area (Å²) in [4.78, 5) is 58.9. The van der Waals surface area contributed by atoms with E-state index in [2.05, 4.69) is 5.32 Å². The van der Waals surface area contributed by atoms with E-state index in [4.69, 9.17) is 21.7 Å². The number of carboxylic acids is 2. The molecule has 1 aliphatic rings. The molecule has 0 radical (unpaired) electrons. The van der Waals surface area contributed by atoms with Crippen molar-refractivity contribution in [3.63, 3.8) is 0 Å². The molecule has 0 aromatic rings. The molecule has 1 heterocycles. The average molecular weight is 372 g/mol. The zero-order valence-corrected chi connectivity index (χ0v) is 14.2. The highest BCUT2D eigenvalue weighted by Gasteiger charge is 2.36. The Kier molecular flexibility index (Phi) is 7.97. The zero-order chi connectivity index (χ0) is 19.9. The molecule has 11 nitrogen and oxygen atoms in total. The maximum Gasteiger partial charge on any atom is 0.326 e. The lowest BCUT2D eigenvalue weighted by Crippen LogP contribution is -2.58. The van der Waals surface area contributed by atoms with E-state index >= 15 is 0 Å². The van der Waals surface area contributed by atoms with Gasteiger partial charge in [-0.2, -0.15) is 0 Å². The van der Waals surface area contributed by atoms with Gasteiger partial charge < -0.3 is 31.9 Å². The van der Waals surface area contributed by atoms with Crippen molar-refractivity contribution in [2.24, 2.45) is 11.5 Å². The number of piperidine rings is 1. The van der Waals surface area contributed by atoms with Gasteiger partial charge >= 0.3 is 11.9 Å². The highest BCUT2D eigenvalue weighted by molar-refractivity contribution is 5.93. The first-order valence-corrected chi connectivity index (χ1v) is 8.22. The zero-order valence-electron chi connectivity index (χ0n) is 14.2. The first-order chi connectivity index (χ1) is 12.1. The second-order valence-electron chi connectivity index (χ2n) is 6.15. The number of carbonyl (C=O) groups is 5. The number of aliphatic carboxylic acids is 2. The van der Waals surface area contributed by atoms with Crippen molar-refractivity contribution < 1.29 is 34.2 Å². The standard InChI is InChI=1S/C15H24N4O7/c16-8(7-11(17)20)14(24)19-6-2-1-3-10(19)13(23)18-9(15(25)26)4-5-12(21)22/h8-10H,1-7,16H2,(H2,17,20)(H,18,23)(H,21,22)(H,25,26)/t8-,9-,10+/m1/s1. The fourth-order valence-corrected chi connectivity index (χ4v) is 2.78. The molecular formula is C15H24N4O7. The van der Waals surface area contributed by atoms with Gasteiger partial charge in [0.15, 0.2) is 0 Å². The Balaban J connectivity index is 2.82. The van der Waals surface area contributed by atoms with Crippen molar-refractivity contribution in [2.45, 2.75) is 56.7 Å². The molecule has 0 saturated carbocycles. The first-order valence-electron chi connectivity index (χ1n) is 8.22. The largest absolute Gasteiger partial charge is 0.481 e. The van der Waals surface area contributed by atoms with E-state index in [1.807, 2.05) is 0 Å². The molecule has 0 spiro atoms.